The number of fused-ring (bicyclic) bond motifs is 1. The molecule has 0 amide bonds. The first kappa shape index (κ1) is 17.5. The van der Waals surface area contributed by atoms with E-state index in [1.165, 1.54) is 6.92 Å². The van der Waals surface area contributed by atoms with Crippen LogP contribution in [0.1, 0.15) is 27.0 Å². The summed E-state index contributed by atoms with van der Waals surface area (Å²) in [4.78, 5) is 25.1. The van der Waals surface area contributed by atoms with Crippen LogP contribution in [0.3, 0.4) is 0 Å². The van der Waals surface area contributed by atoms with Gasteiger partial charge in [0, 0.05) is 12.3 Å². The van der Waals surface area contributed by atoms with Crippen LogP contribution in [0.2, 0.25) is 0 Å². The number of halogens is 1. The molecule has 134 valence electrons. The Morgan fingerprint density at radius 3 is 2.83 bits per heavy atom. The van der Waals surface area contributed by atoms with Crippen LogP contribution in [0.5, 0.6) is 0 Å². The minimum atomic E-state index is -3.92. The average molecular weight is 364 g/mol. The fourth-order valence-electron chi connectivity index (χ4n) is 2.77. The standard InChI is InChI=1S/C13H18FN2O7P/c1-7(2)22-24(19)20-6-8-10(23-24)13(3,14)11(21-8)16-5-4-9(17)15-12(16)18/h4-5,7-8,10-11H,6H2,1-3H3,(H,15,17,18)/t8-,10+,11-,13?,24?/m1/s1. The lowest BCUT2D eigenvalue weighted by Crippen LogP contribution is -2.46. The lowest BCUT2D eigenvalue weighted by molar-refractivity contribution is -0.0749. The minimum Gasteiger partial charge on any atom is -0.346 e. The first-order chi connectivity index (χ1) is 11.1. The van der Waals surface area contributed by atoms with Crippen LogP contribution in [-0.2, 0) is 22.9 Å². The molecule has 3 rings (SSSR count). The fraction of sp³-hybridized carbons (Fsp3) is 0.692. The van der Waals surface area contributed by atoms with Crippen LogP contribution in [0.15, 0.2) is 21.9 Å². The second-order valence-electron chi connectivity index (χ2n) is 6.12. The highest BCUT2D eigenvalue weighted by Gasteiger charge is 2.61. The SMILES string of the molecule is CC(C)OP1(=O)OC[C@H]2O[C@@H](n3ccc(=O)[nH]c3=O)C(C)(F)[C@H]2O1. The molecular weight excluding hydrogens is 346 g/mol. The Morgan fingerprint density at radius 2 is 2.21 bits per heavy atom. The van der Waals surface area contributed by atoms with Crippen LogP contribution in [-0.4, -0.2) is 40.1 Å². The van der Waals surface area contributed by atoms with E-state index >= 15 is 4.39 Å². The second kappa shape index (κ2) is 5.89. The topological polar surface area (TPSA) is 109 Å². The third-order valence-electron chi connectivity index (χ3n) is 3.76. The lowest BCUT2D eigenvalue weighted by Gasteiger charge is -2.34. The molecule has 0 aromatic carbocycles. The summed E-state index contributed by atoms with van der Waals surface area (Å²) in [6, 6.07) is 1.08. The summed E-state index contributed by atoms with van der Waals surface area (Å²) in [6.45, 7) is 4.25. The minimum absolute atomic E-state index is 0.206. The molecule has 1 aromatic heterocycles. The van der Waals surface area contributed by atoms with Crippen LogP contribution < -0.4 is 11.2 Å². The molecule has 0 bridgehead atoms. The molecule has 0 aliphatic carbocycles. The molecule has 11 heteroatoms. The number of nitrogens with one attached hydrogen (secondary N) is 1. The Balaban J connectivity index is 1.91. The van der Waals surface area contributed by atoms with Crippen molar-refractivity contribution in [3.63, 3.8) is 0 Å². The highest BCUT2D eigenvalue weighted by atomic mass is 31.2. The maximum atomic E-state index is 15.3. The molecule has 24 heavy (non-hydrogen) atoms. The number of ether oxygens (including phenoxy) is 1. The third-order valence-corrected chi connectivity index (χ3v) is 5.39. The monoisotopic (exact) mass is 364 g/mol. The van der Waals surface area contributed by atoms with Gasteiger partial charge in [0.2, 0.25) is 0 Å². The van der Waals surface area contributed by atoms with Crippen molar-refractivity contribution in [2.75, 3.05) is 6.61 Å². The van der Waals surface area contributed by atoms with E-state index in [0.717, 1.165) is 16.8 Å². The Bertz CT molecular complexity index is 789. The van der Waals surface area contributed by atoms with Crippen molar-refractivity contribution in [3.05, 3.63) is 33.1 Å². The van der Waals surface area contributed by atoms with Crippen molar-refractivity contribution in [1.29, 1.82) is 0 Å². The summed E-state index contributed by atoms with van der Waals surface area (Å²) in [5, 5.41) is 0. The van der Waals surface area contributed by atoms with Gasteiger partial charge in [-0.2, -0.15) is 0 Å². The molecule has 2 unspecified atom stereocenters. The highest BCUT2D eigenvalue weighted by Crippen LogP contribution is 2.59. The summed E-state index contributed by atoms with van der Waals surface area (Å²) >= 11 is 0. The van der Waals surface area contributed by atoms with Gasteiger partial charge < -0.3 is 4.74 Å². The van der Waals surface area contributed by atoms with Gasteiger partial charge >= 0.3 is 13.5 Å². The van der Waals surface area contributed by atoms with E-state index in [9.17, 15) is 14.2 Å². The number of H-pyrrole nitrogens is 1. The highest BCUT2D eigenvalue weighted by molar-refractivity contribution is 7.48. The normalized spacial score (nSPS) is 39.1. The van der Waals surface area contributed by atoms with Crippen molar-refractivity contribution in [1.82, 2.24) is 9.55 Å². The smallest absolute Gasteiger partial charge is 0.346 e. The van der Waals surface area contributed by atoms with Gasteiger partial charge in [0.05, 0.1) is 12.7 Å². The van der Waals surface area contributed by atoms with Gasteiger partial charge in [-0.3, -0.25) is 27.9 Å². The first-order valence-electron chi connectivity index (χ1n) is 7.39. The van der Waals surface area contributed by atoms with Gasteiger partial charge in [0.15, 0.2) is 11.9 Å². The van der Waals surface area contributed by atoms with Gasteiger partial charge in [0.1, 0.15) is 12.2 Å². The largest absolute Gasteiger partial charge is 0.475 e. The van der Waals surface area contributed by atoms with E-state index in [2.05, 4.69) is 0 Å². The van der Waals surface area contributed by atoms with E-state index < -0.39 is 49.3 Å². The van der Waals surface area contributed by atoms with Gasteiger partial charge in [-0.25, -0.2) is 13.8 Å². The van der Waals surface area contributed by atoms with Crippen LogP contribution in [0.4, 0.5) is 4.39 Å². The number of aromatic amines is 1. The molecule has 9 nitrogen and oxygen atoms in total. The Labute approximate surface area is 136 Å². The molecule has 0 saturated carbocycles. The van der Waals surface area contributed by atoms with Gasteiger partial charge in [-0.15, -0.1) is 0 Å². The number of aromatic nitrogens is 2. The summed E-state index contributed by atoms with van der Waals surface area (Å²) < 4.78 is 49.7. The summed E-state index contributed by atoms with van der Waals surface area (Å²) in [5.74, 6) is 0. The molecule has 1 N–H and O–H groups in total. The zero-order chi connectivity index (χ0) is 17.7. The van der Waals surface area contributed by atoms with Crippen molar-refractivity contribution in [2.45, 2.75) is 51.0 Å². The number of phosphoric ester groups is 1. The summed E-state index contributed by atoms with van der Waals surface area (Å²) in [5.41, 5.74) is -3.63. The molecule has 2 saturated heterocycles. The van der Waals surface area contributed by atoms with Crippen LogP contribution in [0, 0.1) is 0 Å². The molecular formula is C13H18FN2O7P. The van der Waals surface area contributed by atoms with Crippen LogP contribution in [0.25, 0.3) is 0 Å². The van der Waals surface area contributed by atoms with Crippen LogP contribution >= 0.6 is 7.82 Å². The van der Waals surface area contributed by atoms with E-state index in [0.29, 0.717) is 0 Å². The Hall–Kier alpha value is -1.32. The van der Waals surface area contributed by atoms with E-state index in [1.807, 2.05) is 4.98 Å². The molecule has 2 aliphatic heterocycles. The van der Waals surface area contributed by atoms with Crippen molar-refractivity contribution in [3.8, 4) is 0 Å². The van der Waals surface area contributed by atoms with Gasteiger partial charge in [-0.1, -0.05) is 0 Å². The molecule has 0 spiro atoms. The Kier molecular flexibility index (Phi) is 4.29. The second-order valence-corrected chi connectivity index (χ2v) is 7.69. The van der Waals surface area contributed by atoms with Crippen molar-refractivity contribution < 1.29 is 27.3 Å². The fourth-order valence-corrected chi connectivity index (χ4v) is 4.41. The number of phosphoric acid groups is 1. The quantitative estimate of drug-likeness (QED) is 0.800. The van der Waals surface area contributed by atoms with Crippen molar-refractivity contribution >= 4 is 7.82 Å². The third kappa shape index (κ3) is 3.00. The summed E-state index contributed by atoms with van der Waals surface area (Å²) in [6.07, 6.45) is -2.81. The number of nitrogens with zero attached hydrogens (tertiary/aromatic N) is 1. The first-order valence-corrected chi connectivity index (χ1v) is 8.86. The van der Waals surface area contributed by atoms with Gasteiger partial charge in [0.25, 0.3) is 5.56 Å². The number of rotatable bonds is 3. The number of hydrogen-bond acceptors (Lipinski definition) is 7. The maximum Gasteiger partial charge on any atom is 0.475 e. The molecule has 5 atom stereocenters. The lowest BCUT2D eigenvalue weighted by atomic mass is 9.98. The molecule has 1 aromatic rings. The zero-order valence-corrected chi connectivity index (χ0v) is 14.2. The molecule has 2 fully saturated rings. The number of alkyl halides is 1. The summed E-state index contributed by atoms with van der Waals surface area (Å²) in [7, 11) is -3.92. The van der Waals surface area contributed by atoms with E-state index in [1.54, 1.807) is 13.8 Å². The average Bonchev–Trinajstić information content (AvgIpc) is 2.69. The molecule has 3 heterocycles. The van der Waals surface area contributed by atoms with Gasteiger partial charge in [-0.05, 0) is 20.8 Å². The molecule has 2 aliphatic rings. The molecule has 0 radical (unpaired) electrons. The Morgan fingerprint density at radius 1 is 1.50 bits per heavy atom. The predicted octanol–water partition coefficient (Wildman–Crippen LogP) is 1.11. The zero-order valence-electron chi connectivity index (χ0n) is 13.3. The van der Waals surface area contributed by atoms with E-state index in [-0.39, 0.29) is 6.61 Å². The number of hydrogen-bond donors (Lipinski definition) is 1. The predicted molar refractivity (Wildman–Crippen MR) is 79.4 cm³/mol. The maximum absolute atomic E-state index is 15.3. The van der Waals surface area contributed by atoms with Crippen molar-refractivity contribution in [2.24, 2.45) is 0 Å². The van der Waals surface area contributed by atoms with E-state index in [4.69, 9.17) is 18.3 Å².